The van der Waals surface area contributed by atoms with Gasteiger partial charge in [-0.2, -0.15) is 4.72 Å². The Hall–Kier alpha value is -2.49. The second-order valence-electron chi connectivity index (χ2n) is 6.37. The second kappa shape index (κ2) is 10.5. The number of carbonyl (C=O) groups excluding carboxylic acids is 1. The number of benzene rings is 2. The summed E-state index contributed by atoms with van der Waals surface area (Å²) in [6.45, 7) is 1.79. The van der Waals surface area contributed by atoms with Crippen LogP contribution in [0.4, 0.5) is 0 Å². The third-order valence-corrected chi connectivity index (χ3v) is 6.15. The number of amides is 1. The summed E-state index contributed by atoms with van der Waals surface area (Å²) in [7, 11) is 0.610. The van der Waals surface area contributed by atoms with Crippen LogP contribution in [-0.2, 0) is 21.2 Å². The van der Waals surface area contributed by atoms with Crippen molar-refractivity contribution in [3.05, 3.63) is 47.0 Å². The van der Waals surface area contributed by atoms with Crippen molar-refractivity contribution in [2.45, 2.75) is 24.3 Å². The Labute approximate surface area is 181 Å². The number of ether oxygens (including phenoxy) is 3. The van der Waals surface area contributed by atoms with E-state index in [2.05, 4.69) is 10.0 Å². The lowest BCUT2D eigenvalue weighted by atomic mass is 10.1. The Bertz CT molecular complexity index is 997. The zero-order valence-electron chi connectivity index (χ0n) is 17.2. The zero-order chi connectivity index (χ0) is 22.3. The molecule has 0 heterocycles. The fraction of sp³-hybridized carbons (Fsp3) is 0.350. The number of methoxy groups -OCH3 is 3. The number of rotatable bonds is 10. The highest BCUT2D eigenvalue weighted by atomic mass is 35.5. The molecule has 0 aliphatic rings. The first-order valence-corrected chi connectivity index (χ1v) is 10.9. The van der Waals surface area contributed by atoms with Gasteiger partial charge in [0.1, 0.15) is 5.75 Å². The lowest BCUT2D eigenvalue weighted by Crippen LogP contribution is -2.45. The minimum atomic E-state index is -3.93. The third kappa shape index (κ3) is 6.01. The summed E-state index contributed by atoms with van der Waals surface area (Å²) in [6, 6.07) is 8.58. The van der Waals surface area contributed by atoms with Gasteiger partial charge >= 0.3 is 0 Å². The molecule has 164 valence electrons. The SMILES string of the molecule is COc1ccc(S(=O)(=O)N[C@H](C)C(=O)NCCc2ccc(OC)c(OC)c2)cc1Cl. The van der Waals surface area contributed by atoms with Gasteiger partial charge in [-0.25, -0.2) is 8.42 Å². The van der Waals surface area contributed by atoms with E-state index in [0.29, 0.717) is 30.2 Å². The lowest BCUT2D eigenvalue weighted by Gasteiger charge is -2.15. The summed E-state index contributed by atoms with van der Waals surface area (Å²) in [4.78, 5) is 12.2. The molecule has 0 saturated heterocycles. The minimum absolute atomic E-state index is 0.0572. The molecule has 0 radical (unpaired) electrons. The van der Waals surface area contributed by atoms with Gasteiger partial charge in [0, 0.05) is 6.54 Å². The first-order valence-electron chi connectivity index (χ1n) is 9.06. The van der Waals surface area contributed by atoms with E-state index in [1.165, 1.54) is 32.2 Å². The van der Waals surface area contributed by atoms with E-state index < -0.39 is 22.0 Å². The van der Waals surface area contributed by atoms with Crippen molar-refractivity contribution in [3.8, 4) is 17.2 Å². The summed E-state index contributed by atoms with van der Waals surface area (Å²) in [5, 5.41) is 2.88. The van der Waals surface area contributed by atoms with Gasteiger partial charge in [0.15, 0.2) is 11.5 Å². The largest absolute Gasteiger partial charge is 0.495 e. The van der Waals surface area contributed by atoms with Crippen molar-refractivity contribution in [2.24, 2.45) is 0 Å². The van der Waals surface area contributed by atoms with Crippen molar-refractivity contribution >= 4 is 27.5 Å². The van der Waals surface area contributed by atoms with Crippen molar-refractivity contribution in [3.63, 3.8) is 0 Å². The van der Waals surface area contributed by atoms with Crippen LogP contribution in [0.25, 0.3) is 0 Å². The molecule has 2 rings (SSSR count). The van der Waals surface area contributed by atoms with E-state index in [0.717, 1.165) is 5.56 Å². The van der Waals surface area contributed by atoms with Crippen LogP contribution in [0.1, 0.15) is 12.5 Å². The zero-order valence-corrected chi connectivity index (χ0v) is 18.8. The number of halogens is 1. The minimum Gasteiger partial charge on any atom is -0.495 e. The Morgan fingerprint density at radius 1 is 1.00 bits per heavy atom. The van der Waals surface area contributed by atoms with Crippen LogP contribution in [0.15, 0.2) is 41.3 Å². The summed E-state index contributed by atoms with van der Waals surface area (Å²) >= 11 is 5.99. The van der Waals surface area contributed by atoms with Gasteiger partial charge in [-0.05, 0) is 49.2 Å². The highest BCUT2D eigenvalue weighted by Gasteiger charge is 2.22. The average Bonchev–Trinajstić information content (AvgIpc) is 2.73. The predicted molar refractivity (Wildman–Crippen MR) is 114 cm³/mol. The van der Waals surface area contributed by atoms with Gasteiger partial charge in [-0.1, -0.05) is 17.7 Å². The lowest BCUT2D eigenvalue weighted by molar-refractivity contribution is -0.122. The number of hydrogen-bond acceptors (Lipinski definition) is 6. The monoisotopic (exact) mass is 456 g/mol. The summed E-state index contributed by atoms with van der Waals surface area (Å²) in [6.07, 6.45) is 0.541. The molecule has 0 saturated carbocycles. The summed E-state index contributed by atoms with van der Waals surface area (Å²) in [5.41, 5.74) is 0.939. The fourth-order valence-electron chi connectivity index (χ4n) is 2.69. The molecule has 8 nitrogen and oxygen atoms in total. The smallest absolute Gasteiger partial charge is 0.241 e. The maximum atomic E-state index is 12.5. The average molecular weight is 457 g/mol. The van der Waals surface area contributed by atoms with Crippen LogP contribution in [-0.4, -0.2) is 48.2 Å². The maximum Gasteiger partial charge on any atom is 0.241 e. The van der Waals surface area contributed by atoms with Gasteiger partial charge in [0.2, 0.25) is 15.9 Å². The topological polar surface area (TPSA) is 103 Å². The molecule has 2 aromatic rings. The van der Waals surface area contributed by atoms with Crippen LogP contribution in [0.5, 0.6) is 17.2 Å². The molecule has 0 aromatic heterocycles. The van der Waals surface area contributed by atoms with Gasteiger partial charge in [-0.15, -0.1) is 0 Å². The number of sulfonamides is 1. The molecule has 0 aliphatic heterocycles. The molecule has 0 fully saturated rings. The molecule has 1 amide bonds. The van der Waals surface area contributed by atoms with E-state index in [9.17, 15) is 13.2 Å². The van der Waals surface area contributed by atoms with Crippen LogP contribution in [0, 0.1) is 0 Å². The van der Waals surface area contributed by atoms with E-state index in [1.807, 2.05) is 12.1 Å². The molecule has 30 heavy (non-hydrogen) atoms. The summed E-state index contributed by atoms with van der Waals surface area (Å²) in [5.74, 6) is 1.13. The van der Waals surface area contributed by atoms with Crippen LogP contribution in [0.2, 0.25) is 5.02 Å². The molecule has 10 heteroatoms. The number of nitrogens with one attached hydrogen (secondary N) is 2. The second-order valence-corrected chi connectivity index (χ2v) is 8.49. The quantitative estimate of drug-likeness (QED) is 0.569. The maximum absolute atomic E-state index is 12.5. The van der Waals surface area contributed by atoms with Gasteiger partial charge in [0.05, 0.1) is 37.3 Å². The Morgan fingerprint density at radius 2 is 1.63 bits per heavy atom. The van der Waals surface area contributed by atoms with Gasteiger partial charge in [0.25, 0.3) is 0 Å². The Balaban J connectivity index is 1.93. The van der Waals surface area contributed by atoms with Crippen molar-refractivity contribution < 1.29 is 27.4 Å². The molecular formula is C20H25ClN2O6S. The number of hydrogen-bond donors (Lipinski definition) is 2. The molecule has 0 bridgehead atoms. The van der Waals surface area contributed by atoms with Crippen LogP contribution >= 0.6 is 11.6 Å². The van der Waals surface area contributed by atoms with Gasteiger partial charge in [-0.3, -0.25) is 4.79 Å². The van der Waals surface area contributed by atoms with Crippen molar-refractivity contribution in [1.82, 2.24) is 10.0 Å². The van der Waals surface area contributed by atoms with Crippen LogP contribution in [0.3, 0.4) is 0 Å². The third-order valence-electron chi connectivity index (χ3n) is 4.32. The highest BCUT2D eigenvalue weighted by Crippen LogP contribution is 2.28. The number of carbonyl (C=O) groups is 1. The molecule has 0 spiro atoms. The van der Waals surface area contributed by atoms with Crippen LogP contribution < -0.4 is 24.2 Å². The molecule has 0 unspecified atom stereocenters. The highest BCUT2D eigenvalue weighted by molar-refractivity contribution is 7.89. The summed E-state index contributed by atoms with van der Waals surface area (Å²) < 4.78 is 42.8. The molecule has 1 atom stereocenters. The first kappa shape index (κ1) is 23.8. The molecular weight excluding hydrogens is 432 g/mol. The molecule has 2 N–H and O–H groups in total. The van der Waals surface area contributed by atoms with Gasteiger partial charge < -0.3 is 19.5 Å². The van der Waals surface area contributed by atoms with E-state index in [-0.39, 0.29) is 9.92 Å². The standard InChI is InChI=1S/C20H25ClN2O6S/c1-13(23-30(25,26)15-6-8-17(27-2)16(21)12-15)20(24)22-10-9-14-5-7-18(28-3)19(11-14)29-4/h5-8,11-13,23H,9-10H2,1-4H3,(H,22,24)/t13-/m1/s1. The fourth-order valence-corrected chi connectivity index (χ4v) is 4.24. The van der Waals surface area contributed by atoms with E-state index in [4.69, 9.17) is 25.8 Å². The Morgan fingerprint density at radius 3 is 2.23 bits per heavy atom. The normalized spacial score (nSPS) is 12.2. The Kier molecular flexibility index (Phi) is 8.33. The van der Waals surface area contributed by atoms with Crippen molar-refractivity contribution in [1.29, 1.82) is 0 Å². The molecule has 2 aromatic carbocycles. The predicted octanol–water partition coefficient (Wildman–Crippen LogP) is 2.39. The molecule has 0 aliphatic carbocycles. The van der Waals surface area contributed by atoms with E-state index >= 15 is 0 Å². The van der Waals surface area contributed by atoms with Crippen molar-refractivity contribution in [2.75, 3.05) is 27.9 Å². The van der Waals surface area contributed by atoms with E-state index in [1.54, 1.807) is 20.3 Å². The first-order chi connectivity index (χ1) is 14.2.